The fourth-order valence-electron chi connectivity index (χ4n) is 1.84. The van der Waals surface area contributed by atoms with Gasteiger partial charge in [-0.15, -0.1) is 0 Å². The largest absolute Gasteiger partial charge is 0.493 e. The molecule has 0 radical (unpaired) electrons. The van der Waals surface area contributed by atoms with Crippen molar-refractivity contribution in [3.8, 4) is 11.5 Å². The molecule has 2 amide bonds. The number of carbonyl (C=O) groups is 1. The number of nitrogens with zero attached hydrogens (tertiary/aromatic N) is 1. The Morgan fingerprint density at radius 2 is 2.00 bits per heavy atom. The molecule has 6 nitrogen and oxygen atoms in total. The number of primary amides is 1. The van der Waals surface area contributed by atoms with Crippen LogP contribution in [0.4, 0.5) is 4.79 Å². The van der Waals surface area contributed by atoms with Gasteiger partial charge in [-0.3, -0.25) is 0 Å². The third kappa shape index (κ3) is 4.24. The number of ether oxygens (including phenoxy) is 2. The van der Waals surface area contributed by atoms with E-state index in [1.807, 2.05) is 30.3 Å². The minimum Gasteiger partial charge on any atom is -0.493 e. The summed E-state index contributed by atoms with van der Waals surface area (Å²) < 4.78 is 11.1. The number of methoxy groups -OCH3 is 1. The molecule has 0 atom stereocenters. The van der Waals surface area contributed by atoms with Gasteiger partial charge in [0.15, 0.2) is 11.5 Å². The second kappa shape index (κ2) is 7.68. The van der Waals surface area contributed by atoms with Crippen molar-refractivity contribution in [3.63, 3.8) is 0 Å². The highest BCUT2D eigenvalue weighted by atomic mass is 16.5. The van der Waals surface area contributed by atoms with Gasteiger partial charge in [0, 0.05) is 5.56 Å². The number of benzene rings is 2. The lowest BCUT2D eigenvalue weighted by molar-refractivity contribution is 0.249. The van der Waals surface area contributed by atoms with E-state index in [1.165, 1.54) is 6.21 Å². The summed E-state index contributed by atoms with van der Waals surface area (Å²) in [6.45, 7) is 0.394. The van der Waals surface area contributed by atoms with Crippen LogP contribution in [0.25, 0.3) is 0 Å². The van der Waals surface area contributed by atoms with Gasteiger partial charge in [-0.2, -0.15) is 5.10 Å². The van der Waals surface area contributed by atoms with Gasteiger partial charge in [-0.1, -0.05) is 36.4 Å². The molecule has 0 bridgehead atoms. The van der Waals surface area contributed by atoms with E-state index in [1.54, 1.807) is 25.3 Å². The smallest absolute Gasteiger partial charge is 0.332 e. The fraction of sp³-hybridized carbons (Fsp3) is 0.125. The van der Waals surface area contributed by atoms with Crippen LogP contribution in [0.15, 0.2) is 53.6 Å². The second-order valence-corrected chi connectivity index (χ2v) is 4.39. The Morgan fingerprint density at radius 3 is 2.68 bits per heavy atom. The average molecular weight is 299 g/mol. The number of amides is 2. The summed E-state index contributed by atoms with van der Waals surface area (Å²) in [5.41, 5.74) is 8.81. The molecule has 3 N–H and O–H groups in total. The number of para-hydroxylation sites is 1. The number of urea groups is 1. The van der Waals surface area contributed by atoms with E-state index < -0.39 is 6.03 Å². The van der Waals surface area contributed by atoms with Crippen LogP contribution in [0.2, 0.25) is 0 Å². The molecule has 0 spiro atoms. The Bertz CT molecular complexity index is 657. The predicted molar refractivity (Wildman–Crippen MR) is 84.1 cm³/mol. The van der Waals surface area contributed by atoms with Crippen molar-refractivity contribution in [2.24, 2.45) is 10.8 Å². The van der Waals surface area contributed by atoms with Crippen LogP contribution in [-0.2, 0) is 6.61 Å². The first-order valence-corrected chi connectivity index (χ1v) is 6.63. The Kier molecular flexibility index (Phi) is 5.37. The van der Waals surface area contributed by atoms with Crippen LogP contribution in [-0.4, -0.2) is 19.4 Å². The Morgan fingerprint density at radius 1 is 1.23 bits per heavy atom. The lowest BCUT2D eigenvalue weighted by Crippen LogP contribution is -2.24. The minimum atomic E-state index is -0.731. The molecule has 0 heterocycles. The van der Waals surface area contributed by atoms with Crippen LogP contribution in [0, 0.1) is 0 Å². The lowest BCUT2D eigenvalue weighted by atomic mass is 10.2. The molecule has 114 valence electrons. The zero-order valence-electron chi connectivity index (χ0n) is 12.2. The normalized spacial score (nSPS) is 10.4. The van der Waals surface area contributed by atoms with E-state index in [-0.39, 0.29) is 0 Å². The molecular formula is C16H17N3O3. The lowest BCUT2D eigenvalue weighted by Gasteiger charge is -2.13. The Hall–Kier alpha value is -3.02. The summed E-state index contributed by atoms with van der Waals surface area (Å²) in [6.07, 6.45) is 1.45. The monoisotopic (exact) mass is 299 g/mol. The van der Waals surface area contributed by atoms with Gasteiger partial charge >= 0.3 is 6.03 Å². The van der Waals surface area contributed by atoms with Crippen molar-refractivity contribution >= 4 is 12.2 Å². The first kappa shape index (κ1) is 15.4. The molecule has 0 aliphatic rings. The van der Waals surface area contributed by atoms with Gasteiger partial charge < -0.3 is 15.2 Å². The molecule has 0 saturated carbocycles. The number of rotatable bonds is 6. The van der Waals surface area contributed by atoms with E-state index in [4.69, 9.17) is 15.2 Å². The number of carbonyl (C=O) groups excluding carboxylic acids is 1. The molecule has 0 aromatic heterocycles. The molecular weight excluding hydrogens is 282 g/mol. The highest BCUT2D eigenvalue weighted by Crippen LogP contribution is 2.30. The van der Waals surface area contributed by atoms with Gasteiger partial charge in [0.1, 0.15) is 6.61 Å². The number of hydrogen-bond donors (Lipinski definition) is 2. The molecule has 6 heteroatoms. The van der Waals surface area contributed by atoms with Gasteiger partial charge in [-0.25, -0.2) is 10.2 Å². The maximum absolute atomic E-state index is 10.6. The molecule has 0 fully saturated rings. The molecule has 0 unspecified atom stereocenters. The van der Waals surface area contributed by atoms with E-state index in [9.17, 15) is 4.79 Å². The first-order valence-electron chi connectivity index (χ1n) is 6.63. The molecule has 0 saturated heterocycles. The first-order chi connectivity index (χ1) is 10.7. The molecule has 2 aromatic rings. The van der Waals surface area contributed by atoms with Gasteiger partial charge in [0.05, 0.1) is 13.3 Å². The summed E-state index contributed by atoms with van der Waals surface area (Å²) in [4.78, 5) is 10.6. The van der Waals surface area contributed by atoms with E-state index in [0.29, 0.717) is 23.7 Å². The van der Waals surface area contributed by atoms with E-state index in [0.717, 1.165) is 5.56 Å². The van der Waals surface area contributed by atoms with Gasteiger partial charge in [0.2, 0.25) is 0 Å². The van der Waals surface area contributed by atoms with Crippen molar-refractivity contribution in [1.82, 2.24) is 5.43 Å². The van der Waals surface area contributed by atoms with Crippen LogP contribution in [0.3, 0.4) is 0 Å². The minimum absolute atomic E-state index is 0.394. The molecule has 2 aromatic carbocycles. The second-order valence-electron chi connectivity index (χ2n) is 4.39. The fourth-order valence-corrected chi connectivity index (χ4v) is 1.84. The Labute approximate surface area is 128 Å². The van der Waals surface area contributed by atoms with Gasteiger partial charge in [0.25, 0.3) is 0 Å². The van der Waals surface area contributed by atoms with Crippen molar-refractivity contribution in [2.45, 2.75) is 6.61 Å². The maximum atomic E-state index is 10.6. The summed E-state index contributed by atoms with van der Waals surface area (Å²) in [7, 11) is 1.56. The van der Waals surface area contributed by atoms with Crippen molar-refractivity contribution in [1.29, 1.82) is 0 Å². The Balaban J connectivity index is 2.19. The zero-order valence-corrected chi connectivity index (χ0v) is 12.2. The standard InChI is InChI=1S/C16H17N3O3/c1-21-14-9-5-8-13(10-18-19-16(17)20)15(14)22-11-12-6-3-2-4-7-12/h2-10H,11H2,1H3,(H3,17,19,20)/b18-10+. The maximum Gasteiger partial charge on any atom is 0.332 e. The summed E-state index contributed by atoms with van der Waals surface area (Å²) in [5, 5.41) is 3.75. The third-order valence-corrected chi connectivity index (χ3v) is 2.83. The molecule has 22 heavy (non-hydrogen) atoms. The third-order valence-electron chi connectivity index (χ3n) is 2.83. The van der Waals surface area contributed by atoms with Crippen LogP contribution in [0.5, 0.6) is 11.5 Å². The van der Waals surface area contributed by atoms with Crippen molar-refractivity contribution in [2.75, 3.05) is 7.11 Å². The molecule has 0 aliphatic carbocycles. The SMILES string of the molecule is COc1cccc(/C=N/NC(N)=O)c1OCc1ccccc1. The highest BCUT2D eigenvalue weighted by Gasteiger charge is 2.09. The van der Waals surface area contributed by atoms with Crippen molar-refractivity contribution < 1.29 is 14.3 Å². The number of hydrazone groups is 1. The number of nitrogens with one attached hydrogen (secondary N) is 1. The van der Waals surface area contributed by atoms with Crippen molar-refractivity contribution in [3.05, 3.63) is 59.7 Å². The molecule has 0 aliphatic heterocycles. The topological polar surface area (TPSA) is 85.9 Å². The van der Waals surface area contributed by atoms with Crippen LogP contribution < -0.4 is 20.6 Å². The summed E-state index contributed by atoms with van der Waals surface area (Å²) in [5.74, 6) is 1.13. The summed E-state index contributed by atoms with van der Waals surface area (Å²) in [6, 6.07) is 14.4. The van der Waals surface area contributed by atoms with E-state index in [2.05, 4.69) is 10.5 Å². The predicted octanol–water partition coefficient (Wildman–Crippen LogP) is 2.28. The number of nitrogens with two attached hydrogens (primary N) is 1. The van der Waals surface area contributed by atoms with Gasteiger partial charge in [-0.05, 0) is 17.7 Å². The summed E-state index contributed by atoms with van der Waals surface area (Å²) >= 11 is 0. The van der Waals surface area contributed by atoms with Crippen LogP contribution >= 0.6 is 0 Å². The quantitative estimate of drug-likeness (QED) is 0.633. The number of hydrogen-bond acceptors (Lipinski definition) is 4. The van der Waals surface area contributed by atoms with Crippen LogP contribution in [0.1, 0.15) is 11.1 Å². The van der Waals surface area contributed by atoms with E-state index >= 15 is 0 Å². The highest BCUT2D eigenvalue weighted by molar-refractivity contribution is 5.86. The molecule has 2 rings (SSSR count). The zero-order chi connectivity index (χ0) is 15.8. The average Bonchev–Trinajstić information content (AvgIpc) is 2.54.